The van der Waals surface area contributed by atoms with Gasteiger partial charge in [0.1, 0.15) is 29.9 Å². The number of benzene rings is 1. The lowest BCUT2D eigenvalue weighted by Crippen LogP contribution is -2.46. The molecule has 2 aromatic heterocycles. The summed E-state index contributed by atoms with van der Waals surface area (Å²) in [5.41, 5.74) is 9.25. The van der Waals surface area contributed by atoms with Crippen LogP contribution in [0.4, 0.5) is 10.6 Å². The van der Waals surface area contributed by atoms with E-state index in [-0.39, 0.29) is 30.6 Å². The van der Waals surface area contributed by atoms with Crippen LogP contribution in [0.25, 0.3) is 11.2 Å². The normalized spacial score (nSPS) is 17.4. The molecule has 1 saturated heterocycles. The van der Waals surface area contributed by atoms with Crippen molar-refractivity contribution in [2.45, 2.75) is 70.9 Å². The topological polar surface area (TPSA) is 178 Å². The third-order valence-corrected chi connectivity index (χ3v) is 7.68. The lowest BCUT2D eigenvalue weighted by molar-refractivity contribution is -0.147. The van der Waals surface area contributed by atoms with Crippen molar-refractivity contribution in [2.75, 3.05) is 25.4 Å². The average Bonchev–Trinajstić information content (AvgIpc) is 3.67. The number of piperidine rings is 1. The summed E-state index contributed by atoms with van der Waals surface area (Å²) >= 11 is 0. The summed E-state index contributed by atoms with van der Waals surface area (Å²) < 4.78 is 12.9. The Bertz CT molecular complexity index is 1400. The Kier molecular flexibility index (Phi) is 8.66. The van der Waals surface area contributed by atoms with Crippen molar-refractivity contribution in [1.82, 2.24) is 29.7 Å². The Balaban J connectivity index is 1.19. The van der Waals surface area contributed by atoms with Crippen LogP contribution in [0.3, 0.4) is 0 Å². The lowest BCUT2D eigenvalue weighted by Gasteiger charge is -2.31. The van der Waals surface area contributed by atoms with Crippen molar-refractivity contribution < 1.29 is 29.3 Å². The smallest absolute Gasteiger partial charge is 0.410 e. The van der Waals surface area contributed by atoms with Gasteiger partial charge >= 0.3 is 6.09 Å². The largest absolute Gasteiger partial charge is 0.415 e. The van der Waals surface area contributed by atoms with Gasteiger partial charge in [-0.05, 0) is 68.7 Å². The van der Waals surface area contributed by atoms with Gasteiger partial charge in [-0.1, -0.05) is 6.07 Å². The SMILES string of the molecule is Cc1ccc(OC(=O)N2CCC(Cc3nc(N)c4ncn(CO[C@H](C(=O)NC5CC5)C(O)CO)c4n3)CC2)cc1C. The average molecular weight is 568 g/mol. The second-order valence-electron chi connectivity index (χ2n) is 10.9. The third kappa shape index (κ3) is 6.92. The predicted octanol–water partition coefficient (Wildman–Crippen LogP) is 1.45. The first-order valence-electron chi connectivity index (χ1n) is 13.9. The van der Waals surface area contributed by atoms with Crippen LogP contribution in [0.1, 0.15) is 42.6 Å². The highest BCUT2D eigenvalue weighted by atomic mass is 16.6. The molecule has 2 atom stereocenters. The molecule has 2 amide bonds. The molecule has 0 spiro atoms. The van der Waals surface area contributed by atoms with Crippen LogP contribution in [0.5, 0.6) is 5.75 Å². The number of aryl methyl sites for hydroxylation is 2. The van der Waals surface area contributed by atoms with Gasteiger partial charge in [0, 0.05) is 25.6 Å². The Labute approximate surface area is 237 Å². The highest BCUT2D eigenvalue weighted by Crippen LogP contribution is 2.25. The third-order valence-electron chi connectivity index (χ3n) is 7.68. The summed E-state index contributed by atoms with van der Waals surface area (Å²) in [6, 6.07) is 5.69. The zero-order valence-electron chi connectivity index (χ0n) is 23.3. The summed E-state index contributed by atoms with van der Waals surface area (Å²) in [5.74, 6) is 1.10. The molecule has 2 aliphatic rings. The highest BCUT2D eigenvalue weighted by molar-refractivity contribution is 5.82. The fraction of sp³-hybridized carbons (Fsp3) is 0.536. The van der Waals surface area contributed by atoms with Crippen molar-refractivity contribution in [3.8, 4) is 5.75 Å². The quantitative estimate of drug-likeness (QED) is 0.280. The number of hydrogen-bond acceptors (Lipinski definition) is 10. The molecule has 5 N–H and O–H groups in total. The van der Waals surface area contributed by atoms with Crippen LogP contribution in [-0.2, 0) is 22.7 Å². The van der Waals surface area contributed by atoms with E-state index in [2.05, 4.69) is 20.3 Å². The van der Waals surface area contributed by atoms with Crippen molar-refractivity contribution in [2.24, 2.45) is 5.92 Å². The van der Waals surface area contributed by atoms with Crippen molar-refractivity contribution in [1.29, 1.82) is 0 Å². The molecule has 41 heavy (non-hydrogen) atoms. The molecule has 1 aliphatic carbocycles. The molecular formula is C28H37N7O6. The number of anilines is 1. The van der Waals surface area contributed by atoms with Gasteiger partial charge in [0.25, 0.3) is 5.91 Å². The van der Waals surface area contributed by atoms with E-state index in [4.69, 9.17) is 15.2 Å². The number of carbonyl (C=O) groups is 2. The number of hydrogen-bond donors (Lipinski definition) is 4. The van der Waals surface area contributed by atoms with E-state index >= 15 is 0 Å². The van der Waals surface area contributed by atoms with Gasteiger partial charge in [-0.2, -0.15) is 0 Å². The van der Waals surface area contributed by atoms with Crippen molar-refractivity contribution >= 4 is 29.0 Å². The minimum atomic E-state index is -1.37. The fourth-order valence-corrected chi connectivity index (χ4v) is 4.85. The molecule has 5 rings (SSSR count). The first-order chi connectivity index (χ1) is 19.7. The summed E-state index contributed by atoms with van der Waals surface area (Å²) in [4.78, 5) is 40.3. The number of aliphatic hydroxyl groups excluding tert-OH is 2. The number of rotatable bonds is 10. The number of ether oxygens (including phenoxy) is 2. The summed E-state index contributed by atoms with van der Waals surface area (Å²) in [5, 5.41) is 22.3. The van der Waals surface area contributed by atoms with E-state index < -0.39 is 24.7 Å². The molecule has 13 nitrogen and oxygen atoms in total. The van der Waals surface area contributed by atoms with Crippen LogP contribution in [0.2, 0.25) is 0 Å². The van der Waals surface area contributed by atoms with Gasteiger partial charge in [0.05, 0.1) is 12.9 Å². The van der Waals surface area contributed by atoms with Crippen LogP contribution >= 0.6 is 0 Å². The Morgan fingerprint density at radius 3 is 2.59 bits per heavy atom. The van der Waals surface area contributed by atoms with E-state index in [0.29, 0.717) is 42.2 Å². The number of nitrogen functional groups attached to an aromatic ring is 1. The van der Waals surface area contributed by atoms with Crippen LogP contribution in [0, 0.1) is 19.8 Å². The first kappa shape index (κ1) is 28.7. The monoisotopic (exact) mass is 567 g/mol. The maximum atomic E-state index is 12.7. The second-order valence-corrected chi connectivity index (χ2v) is 10.9. The van der Waals surface area contributed by atoms with E-state index in [1.165, 1.54) is 6.33 Å². The maximum Gasteiger partial charge on any atom is 0.415 e. The van der Waals surface area contributed by atoms with Crippen LogP contribution in [0.15, 0.2) is 24.5 Å². The molecule has 1 unspecified atom stereocenters. The first-order valence-corrected chi connectivity index (χ1v) is 13.9. The van der Waals surface area contributed by atoms with Gasteiger partial charge in [-0.15, -0.1) is 0 Å². The van der Waals surface area contributed by atoms with Gasteiger partial charge in [-0.3, -0.25) is 9.36 Å². The molecule has 1 aliphatic heterocycles. The number of nitrogens with two attached hydrogens (primary N) is 1. The zero-order chi connectivity index (χ0) is 29.1. The van der Waals surface area contributed by atoms with Gasteiger partial charge in [-0.25, -0.2) is 19.7 Å². The van der Waals surface area contributed by atoms with Crippen molar-refractivity contribution in [3.63, 3.8) is 0 Å². The number of aromatic nitrogens is 4. The number of fused-ring (bicyclic) bond motifs is 1. The molecule has 13 heteroatoms. The molecule has 220 valence electrons. The number of imidazole rings is 1. The van der Waals surface area contributed by atoms with Gasteiger partial charge in [0.15, 0.2) is 17.6 Å². The highest BCUT2D eigenvalue weighted by Gasteiger charge is 2.32. The van der Waals surface area contributed by atoms with Crippen LogP contribution < -0.4 is 15.8 Å². The standard InChI is InChI=1S/C28H37N7O6/c1-16-3-6-20(11-17(16)2)41-28(39)34-9-7-18(8-10-34)12-22-32-25(29)23-26(33-22)35(14-30-23)15-40-24(21(37)13-36)27(38)31-19-4-5-19/h3,6,11,14,18-19,21,24,36-37H,4-5,7-10,12-13,15H2,1-2H3,(H,31,38)(H2,29,32,33)/t21?,24-/m0/s1. The summed E-state index contributed by atoms with van der Waals surface area (Å²) in [6.45, 7) is 4.38. The minimum absolute atomic E-state index is 0.0821. The molecule has 3 heterocycles. The van der Waals surface area contributed by atoms with Crippen LogP contribution in [-0.4, -0.2) is 84.6 Å². The number of nitrogens with one attached hydrogen (secondary N) is 1. The number of carbonyl (C=O) groups excluding carboxylic acids is 2. The number of amides is 2. The molecular weight excluding hydrogens is 530 g/mol. The maximum absolute atomic E-state index is 12.7. The summed E-state index contributed by atoms with van der Waals surface area (Å²) in [7, 11) is 0. The Morgan fingerprint density at radius 1 is 1.15 bits per heavy atom. The molecule has 3 aromatic rings. The number of nitrogens with zero attached hydrogens (tertiary/aromatic N) is 5. The molecule has 2 fully saturated rings. The van der Waals surface area contributed by atoms with E-state index in [9.17, 15) is 19.8 Å². The van der Waals surface area contributed by atoms with Gasteiger partial charge < -0.3 is 35.6 Å². The van der Waals surface area contributed by atoms with Gasteiger partial charge in [0.2, 0.25) is 0 Å². The lowest BCUT2D eigenvalue weighted by atomic mass is 9.93. The second kappa shape index (κ2) is 12.4. The van der Waals surface area contributed by atoms with E-state index in [0.717, 1.165) is 36.8 Å². The number of likely N-dealkylation sites (tertiary alicyclic amines) is 1. The van der Waals surface area contributed by atoms with Crippen molar-refractivity contribution in [3.05, 3.63) is 41.5 Å². The zero-order valence-corrected chi connectivity index (χ0v) is 23.3. The Morgan fingerprint density at radius 2 is 1.90 bits per heavy atom. The number of aliphatic hydroxyl groups is 2. The molecule has 0 radical (unpaired) electrons. The van der Waals surface area contributed by atoms with E-state index in [1.807, 2.05) is 26.0 Å². The molecule has 1 aromatic carbocycles. The summed E-state index contributed by atoms with van der Waals surface area (Å²) in [6.07, 6.45) is 2.39. The molecule has 1 saturated carbocycles. The fourth-order valence-electron chi connectivity index (χ4n) is 4.85. The van der Waals surface area contributed by atoms with E-state index in [1.54, 1.807) is 15.5 Å². The molecule has 0 bridgehead atoms. The predicted molar refractivity (Wildman–Crippen MR) is 149 cm³/mol. The minimum Gasteiger partial charge on any atom is -0.410 e. The Hall–Kier alpha value is -3.81.